The highest BCUT2D eigenvalue weighted by molar-refractivity contribution is 7.98. The highest BCUT2D eigenvalue weighted by Gasteiger charge is 2.06. The summed E-state index contributed by atoms with van der Waals surface area (Å²) in [6.07, 6.45) is 0. The van der Waals surface area contributed by atoms with Gasteiger partial charge in [-0.05, 0) is 12.1 Å². The smallest absolute Gasteiger partial charge is 0.240 e. The molecular weight excluding hydrogens is 262 g/mol. The Morgan fingerprint density at radius 2 is 2.16 bits per heavy atom. The summed E-state index contributed by atoms with van der Waals surface area (Å²) in [7, 11) is 1.67. The summed E-state index contributed by atoms with van der Waals surface area (Å²) < 4.78 is 10.1. The lowest BCUT2D eigenvalue weighted by atomic mass is 10.4. The van der Waals surface area contributed by atoms with Gasteiger partial charge in [-0.2, -0.15) is 4.98 Å². The van der Waals surface area contributed by atoms with Crippen molar-refractivity contribution >= 4 is 11.8 Å². The Kier molecular flexibility index (Phi) is 5.87. The number of benzene rings is 1. The monoisotopic (exact) mass is 279 g/mol. The van der Waals surface area contributed by atoms with E-state index >= 15 is 0 Å². The Morgan fingerprint density at radius 1 is 1.32 bits per heavy atom. The molecule has 2 rings (SSSR count). The summed E-state index contributed by atoms with van der Waals surface area (Å²) in [6.45, 7) is 2.02. The molecule has 1 heterocycles. The van der Waals surface area contributed by atoms with Crippen molar-refractivity contribution in [3.05, 3.63) is 42.0 Å². The first-order valence-electron chi connectivity index (χ1n) is 6.07. The number of hydrogen-bond acceptors (Lipinski definition) is 6. The van der Waals surface area contributed by atoms with Crippen LogP contribution in [-0.4, -0.2) is 30.4 Å². The zero-order valence-corrected chi connectivity index (χ0v) is 11.7. The van der Waals surface area contributed by atoms with Gasteiger partial charge in [0.2, 0.25) is 5.89 Å². The van der Waals surface area contributed by atoms with Crippen LogP contribution in [0, 0.1) is 0 Å². The number of rotatable bonds is 8. The van der Waals surface area contributed by atoms with Gasteiger partial charge in [-0.3, -0.25) is 0 Å². The second-order valence-electron chi connectivity index (χ2n) is 3.88. The van der Waals surface area contributed by atoms with Crippen LogP contribution in [0.4, 0.5) is 0 Å². The van der Waals surface area contributed by atoms with Gasteiger partial charge in [-0.25, -0.2) is 0 Å². The molecule has 0 unspecified atom stereocenters. The molecule has 19 heavy (non-hydrogen) atoms. The summed E-state index contributed by atoms with van der Waals surface area (Å²) in [5.74, 6) is 2.04. The van der Waals surface area contributed by atoms with E-state index in [1.165, 1.54) is 4.90 Å². The maximum absolute atomic E-state index is 5.16. The molecule has 5 nitrogen and oxygen atoms in total. The van der Waals surface area contributed by atoms with Crippen LogP contribution >= 0.6 is 11.8 Å². The lowest BCUT2D eigenvalue weighted by Gasteiger charge is -1.98. The standard InChI is InChI=1S/C13H17N3O2S/c1-17-8-7-14-9-13-15-12(16-18-13)10-19-11-5-3-2-4-6-11/h2-6,14H,7-10H2,1H3. The zero-order chi connectivity index (χ0) is 13.3. The molecule has 0 bridgehead atoms. The molecule has 0 saturated carbocycles. The third-order valence-corrected chi connectivity index (χ3v) is 3.39. The number of hydrogen-bond donors (Lipinski definition) is 1. The average Bonchev–Trinajstić information content (AvgIpc) is 2.91. The van der Waals surface area contributed by atoms with Gasteiger partial charge in [0.1, 0.15) is 0 Å². The van der Waals surface area contributed by atoms with Gasteiger partial charge < -0.3 is 14.6 Å². The first kappa shape index (κ1) is 14.0. The van der Waals surface area contributed by atoms with Crippen LogP contribution in [0.5, 0.6) is 0 Å². The van der Waals surface area contributed by atoms with Crippen molar-refractivity contribution in [1.82, 2.24) is 15.5 Å². The minimum Gasteiger partial charge on any atom is -0.383 e. The Morgan fingerprint density at radius 3 is 2.95 bits per heavy atom. The zero-order valence-electron chi connectivity index (χ0n) is 10.8. The van der Waals surface area contributed by atoms with Gasteiger partial charge >= 0.3 is 0 Å². The van der Waals surface area contributed by atoms with Gasteiger partial charge in [-0.15, -0.1) is 11.8 Å². The van der Waals surface area contributed by atoms with E-state index in [-0.39, 0.29) is 0 Å². The van der Waals surface area contributed by atoms with Crippen molar-refractivity contribution in [3.63, 3.8) is 0 Å². The van der Waals surface area contributed by atoms with Crippen molar-refractivity contribution in [3.8, 4) is 0 Å². The van der Waals surface area contributed by atoms with E-state index in [2.05, 4.69) is 27.6 Å². The Balaban J connectivity index is 1.74. The highest BCUT2D eigenvalue weighted by atomic mass is 32.2. The van der Waals surface area contributed by atoms with Crippen LogP contribution in [0.25, 0.3) is 0 Å². The van der Waals surface area contributed by atoms with E-state index in [9.17, 15) is 0 Å². The number of nitrogens with zero attached hydrogens (tertiary/aromatic N) is 2. The van der Waals surface area contributed by atoms with Gasteiger partial charge in [0.25, 0.3) is 0 Å². The first-order chi connectivity index (χ1) is 9.38. The molecule has 0 saturated heterocycles. The lowest BCUT2D eigenvalue weighted by molar-refractivity contribution is 0.197. The Labute approximate surface area is 116 Å². The molecule has 0 spiro atoms. The molecule has 0 atom stereocenters. The third kappa shape index (κ3) is 5.02. The summed E-state index contributed by atoms with van der Waals surface area (Å²) in [5.41, 5.74) is 0. The van der Waals surface area contributed by atoms with Crippen LogP contribution < -0.4 is 5.32 Å². The minimum atomic E-state index is 0.576. The maximum atomic E-state index is 5.16. The van der Waals surface area contributed by atoms with E-state index in [1.54, 1.807) is 18.9 Å². The first-order valence-corrected chi connectivity index (χ1v) is 7.06. The third-order valence-electron chi connectivity index (χ3n) is 2.38. The lowest BCUT2D eigenvalue weighted by Crippen LogP contribution is -2.18. The van der Waals surface area contributed by atoms with Crippen LogP contribution in [0.3, 0.4) is 0 Å². The molecule has 6 heteroatoms. The van der Waals surface area contributed by atoms with E-state index in [0.717, 1.165) is 12.4 Å². The van der Waals surface area contributed by atoms with Crippen LogP contribution in [0.1, 0.15) is 11.7 Å². The fraction of sp³-hybridized carbons (Fsp3) is 0.385. The molecule has 1 N–H and O–H groups in total. The average molecular weight is 279 g/mol. The summed E-state index contributed by atoms with van der Waals surface area (Å²) in [4.78, 5) is 5.52. The van der Waals surface area contributed by atoms with Crippen molar-refractivity contribution in [1.29, 1.82) is 0 Å². The topological polar surface area (TPSA) is 60.2 Å². The predicted molar refractivity (Wildman–Crippen MR) is 73.9 cm³/mol. The number of aromatic nitrogens is 2. The van der Waals surface area contributed by atoms with E-state index < -0.39 is 0 Å². The van der Waals surface area contributed by atoms with Crippen LogP contribution in [0.15, 0.2) is 39.8 Å². The number of methoxy groups -OCH3 is 1. The van der Waals surface area contributed by atoms with Crippen LogP contribution in [-0.2, 0) is 17.0 Å². The number of thioether (sulfide) groups is 1. The molecule has 1 aromatic carbocycles. The molecule has 2 aromatic rings. The summed E-state index contributed by atoms with van der Waals surface area (Å²) in [5, 5.41) is 7.11. The van der Waals surface area contributed by atoms with E-state index in [0.29, 0.717) is 24.8 Å². The van der Waals surface area contributed by atoms with Gasteiger partial charge in [0, 0.05) is 18.6 Å². The van der Waals surface area contributed by atoms with Gasteiger partial charge in [0.05, 0.1) is 18.9 Å². The molecule has 0 amide bonds. The van der Waals surface area contributed by atoms with E-state index in [1.807, 2.05) is 18.2 Å². The van der Waals surface area contributed by atoms with E-state index in [4.69, 9.17) is 9.26 Å². The second-order valence-corrected chi connectivity index (χ2v) is 4.92. The predicted octanol–water partition coefficient (Wildman–Crippen LogP) is 2.10. The molecule has 102 valence electrons. The van der Waals surface area contributed by atoms with Crippen molar-refractivity contribution < 1.29 is 9.26 Å². The molecule has 1 aromatic heterocycles. The molecular formula is C13H17N3O2S. The largest absolute Gasteiger partial charge is 0.383 e. The highest BCUT2D eigenvalue weighted by Crippen LogP contribution is 2.20. The summed E-state index contributed by atoms with van der Waals surface area (Å²) in [6, 6.07) is 10.2. The molecule has 0 aliphatic rings. The van der Waals surface area contributed by atoms with Crippen molar-refractivity contribution in [2.75, 3.05) is 20.3 Å². The van der Waals surface area contributed by atoms with Crippen molar-refractivity contribution in [2.24, 2.45) is 0 Å². The maximum Gasteiger partial charge on any atom is 0.240 e. The minimum absolute atomic E-state index is 0.576. The normalized spacial score (nSPS) is 10.8. The van der Waals surface area contributed by atoms with Crippen LogP contribution in [0.2, 0.25) is 0 Å². The molecule has 0 aliphatic heterocycles. The Bertz CT molecular complexity index is 476. The molecule has 0 radical (unpaired) electrons. The quantitative estimate of drug-likeness (QED) is 0.590. The SMILES string of the molecule is COCCNCc1nc(CSc2ccccc2)no1. The summed E-state index contributed by atoms with van der Waals surface area (Å²) >= 11 is 1.69. The van der Waals surface area contributed by atoms with Gasteiger partial charge in [-0.1, -0.05) is 23.4 Å². The molecule has 0 aliphatic carbocycles. The van der Waals surface area contributed by atoms with Gasteiger partial charge in [0.15, 0.2) is 5.82 Å². The molecule has 0 fully saturated rings. The van der Waals surface area contributed by atoms with Crippen molar-refractivity contribution in [2.45, 2.75) is 17.2 Å². The fourth-order valence-corrected chi connectivity index (χ4v) is 2.22. The Hall–Kier alpha value is -1.37. The number of nitrogens with one attached hydrogen (secondary N) is 1. The second kappa shape index (κ2) is 7.93. The fourth-order valence-electron chi connectivity index (χ4n) is 1.45. The number of ether oxygens (including phenoxy) is 1.